The maximum absolute atomic E-state index is 12.3. The van der Waals surface area contributed by atoms with Gasteiger partial charge in [-0.15, -0.1) is 0 Å². The van der Waals surface area contributed by atoms with Crippen molar-refractivity contribution in [2.75, 3.05) is 5.32 Å². The molecule has 0 unspecified atom stereocenters. The number of halogens is 4. The molecule has 0 saturated heterocycles. The van der Waals surface area contributed by atoms with Crippen molar-refractivity contribution in [1.82, 2.24) is 0 Å². The van der Waals surface area contributed by atoms with Crippen LogP contribution in [0.5, 0.6) is 5.75 Å². The second-order valence-electron chi connectivity index (χ2n) is 3.99. The first-order valence-corrected chi connectivity index (χ1v) is 6.94. The summed E-state index contributed by atoms with van der Waals surface area (Å²) in [6.45, 7) is -2.53. The van der Waals surface area contributed by atoms with Crippen molar-refractivity contribution in [3.63, 3.8) is 0 Å². The van der Waals surface area contributed by atoms with Crippen LogP contribution in [0.4, 0.5) is 14.5 Å². The molecule has 2 rings (SSSR count). The summed E-state index contributed by atoms with van der Waals surface area (Å²) in [5.74, 6) is 0.117. The molecule has 2 aromatic carbocycles. The van der Waals surface area contributed by atoms with E-state index in [0.29, 0.717) is 17.1 Å². The molecule has 0 amide bonds. The Morgan fingerprint density at radius 1 is 1.20 bits per heavy atom. The number of nitrogens with one attached hydrogen (secondary N) is 1. The van der Waals surface area contributed by atoms with Crippen LogP contribution in [0.1, 0.15) is 5.56 Å². The van der Waals surface area contributed by atoms with E-state index < -0.39 is 6.61 Å². The van der Waals surface area contributed by atoms with E-state index in [9.17, 15) is 8.78 Å². The highest BCUT2D eigenvalue weighted by atomic mass is 79.9. The van der Waals surface area contributed by atoms with Gasteiger partial charge in [0.1, 0.15) is 5.75 Å². The summed E-state index contributed by atoms with van der Waals surface area (Å²) < 4.78 is 30.1. The van der Waals surface area contributed by atoms with E-state index in [1.165, 1.54) is 12.1 Å². The van der Waals surface area contributed by atoms with Gasteiger partial charge >= 0.3 is 6.61 Å². The fraction of sp³-hybridized carbons (Fsp3) is 0.143. The van der Waals surface area contributed by atoms with E-state index in [4.69, 9.17) is 11.6 Å². The zero-order chi connectivity index (χ0) is 14.5. The maximum Gasteiger partial charge on any atom is 0.387 e. The minimum Gasteiger partial charge on any atom is -0.434 e. The molecule has 0 aliphatic carbocycles. The van der Waals surface area contributed by atoms with E-state index in [1.54, 1.807) is 6.07 Å². The molecule has 0 spiro atoms. The summed E-state index contributed by atoms with van der Waals surface area (Å²) in [5, 5.41) is 3.60. The number of rotatable bonds is 5. The molecule has 0 radical (unpaired) electrons. The number of anilines is 1. The molecule has 2 aromatic rings. The highest BCUT2D eigenvalue weighted by Gasteiger charge is 2.10. The van der Waals surface area contributed by atoms with Crippen LogP contribution in [-0.4, -0.2) is 6.61 Å². The van der Waals surface area contributed by atoms with Gasteiger partial charge in [0.2, 0.25) is 0 Å². The van der Waals surface area contributed by atoms with Crippen LogP contribution in [0, 0.1) is 0 Å². The van der Waals surface area contributed by atoms with Gasteiger partial charge in [0, 0.05) is 27.3 Å². The number of alkyl halides is 2. The van der Waals surface area contributed by atoms with E-state index in [-0.39, 0.29) is 5.75 Å². The molecule has 0 bridgehead atoms. The highest BCUT2D eigenvalue weighted by Crippen LogP contribution is 2.26. The number of ether oxygens (including phenoxy) is 1. The van der Waals surface area contributed by atoms with Crippen molar-refractivity contribution in [3.05, 3.63) is 57.5 Å². The van der Waals surface area contributed by atoms with Gasteiger partial charge in [0.25, 0.3) is 0 Å². The van der Waals surface area contributed by atoms with Gasteiger partial charge in [-0.1, -0.05) is 33.6 Å². The SMILES string of the molecule is FC(F)Oc1ccc(Cl)cc1CNc1cccc(Br)c1. The van der Waals surface area contributed by atoms with Crippen LogP contribution in [0.15, 0.2) is 46.9 Å². The molecule has 2 nitrogen and oxygen atoms in total. The van der Waals surface area contributed by atoms with Crippen molar-refractivity contribution < 1.29 is 13.5 Å². The number of hydrogen-bond acceptors (Lipinski definition) is 2. The van der Waals surface area contributed by atoms with Crippen LogP contribution in [0.3, 0.4) is 0 Å². The molecule has 0 heterocycles. The molecule has 106 valence electrons. The Morgan fingerprint density at radius 3 is 2.70 bits per heavy atom. The maximum atomic E-state index is 12.3. The molecule has 20 heavy (non-hydrogen) atoms. The van der Waals surface area contributed by atoms with Gasteiger partial charge in [-0.05, 0) is 36.4 Å². The summed E-state index contributed by atoms with van der Waals surface area (Å²) >= 11 is 9.24. The predicted octanol–water partition coefficient (Wildman–Crippen LogP) is 5.32. The molecule has 0 saturated carbocycles. The average molecular weight is 363 g/mol. The Hall–Kier alpha value is -1.33. The zero-order valence-electron chi connectivity index (χ0n) is 10.2. The van der Waals surface area contributed by atoms with Crippen LogP contribution in [0.25, 0.3) is 0 Å². The van der Waals surface area contributed by atoms with Crippen LogP contribution in [0.2, 0.25) is 5.02 Å². The molecule has 0 aromatic heterocycles. The Bertz CT molecular complexity index is 595. The van der Waals surface area contributed by atoms with Crippen LogP contribution < -0.4 is 10.1 Å². The van der Waals surface area contributed by atoms with E-state index in [0.717, 1.165) is 10.2 Å². The van der Waals surface area contributed by atoms with Gasteiger partial charge in [-0.2, -0.15) is 8.78 Å². The topological polar surface area (TPSA) is 21.3 Å². The summed E-state index contributed by atoms with van der Waals surface area (Å²) in [6.07, 6.45) is 0. The first kappa shape index (κ1) is 15.1. The molecule has 1 N–H and O–H groups in total. The minimum atomic E-state index is -2.86. The molecule has 6 heteroatoms. The Balaban J connectivity index is 2.13. The highest BCUT2D eigenvalue weighted by molar-refractivity contribution is 9.10. The van der Waals surface area contributed by atoms with Crippen LogP contribution in [-0.2, 0) is 6.54 Å². The lowest BCUT2D eigenvalue weighted by Gasteiger charge is -2.13. The first-order chi connectivity index (χ1) is 9.54. The number of benzene rings is 2. The molecule has 0 aliphatic heterocycles. The van der Waals surface area contributed by atoms with E-state index >= 15 is 0 Å². The number of hydrogen-bond donors (Lipinski definition) is 1. The molecular formula is C14H11BrClF2NO. The predicted molar refractivity (Wildman–Crippen MR) is 79.6 cm³/mol. The van der Waals surface area contributed by atoms with Gasteiger partial charge in [0.15, 0.2) is 0 Å². The third-order valence-corrected chi connectivity index (χ3v) is 3.27. The summed E-state index contributed by atoms with van der Waals surface area (Å²) in [4.78, 5) is 0. The lowest BCUT2D eigenvalue weighted by atomic mass is 10.2. The van der Waals surface area contributed by atoms with E-state index in [1.807, 2.05) is 24.3 Å². The van der Waals surface area contributed by atoms with Gasteiger partial charge in [-0.3, -0.25) is 0 Å². The second-order valence-corrected chi connectivity index (χ2v) is 5.35. The summed E-state index contributed by atoms with van der Waals surface area (Å²) in [5.41, 5.74) is 1.43. The minimum absolute atomic E-state index is 0.117. The Kier molecular flexibility index (Phi) is 5.20. The smallest absolute Gasteiger partial charge is 0.387 e. The second kappa shape index (κ2) is 6.90. The summed E-state index contributed by atoms with van der Waals surface area (Å²) in [7, 11) is 0. The third kappa shape index (κ3) is 4.35. The zero-order valence-corrected chi connectivity index (χ0v) is 12.6. The fourth-order valence-corrected chi connectivity index (χ4v) is 2.29. The molecule has 0 atom stereocenters. The van der Waals surface area contributed by atoms with Crippen molar-refractivity contribution in [2.24, 2.45) is 0 Å². The largest absolute Gasteiger partial charge is 0.434 e. The normalized spacial score (nSPS) is 10.7. The van der Waals surface area contributed by atoms with E-state index in [2.05, 4.69) is 26.0 Å². The standard InChI is InChI=1S/C14H11BrClF2NO/c15-10-2-1-3-12(7-10)19-8-9-6-11(16)4-5-13(9)20-14(17)18/h1-7,14,19H,8H2. The lowest BCUT2D eigenvalue weighted by molar-refractivity contribution is -0.0504. The lowest BCUT2D eigenvalue weighted by Crippen LogP contribution is -2.07. The third-order valence-electron chi connectivity index (χ3n) is 2.55. The Labute approximate surface area is 128 Å². The molecular weight excluding hydrogens is 352 g/mol. The van der Waals surface area contributed by atoms with Crippen LogP contribution >= 0.6 is 27.5 Å². The first-order valence-electron chi connectivity index (χ1n) is 5.77. The van der Waals surface area contributed by atoms with Crippen molar-refractivity contribution in [1.29, 1.82) is 0 Å². The van der Waals surface area contributed by atoms with Gasteiger partial charge in [0.05, 0.1) is 0 Å². The van der Waals surface area contributed by atoms with Crippen molar-refractivity contribution in [2.45, 2.75) is 13.2 Å². The Morgan fingerprint density at radius 2 is 2.00 bits per heavy atom. The van der Waals surface area contributed by atoms with Gasteiger partial charge < -0.3 is 10.1 Å². The van der Waals surface area contributed by atoms with Crippen molar-refractivity contribution >= 4 is 33.2 Å². The molecule has 0 aliphatic rings. The summed E-state index contributed by atoms with van der Waals surface area (Å²) in [6, 6.07) is 12.1. The van der Waals surface area contributed by atoms with Crippen molar-refractivity contribution in [3.8, 4) is 5.75 Å². The molecule has 0 fully saturated rings. The quantitative estimate of drug-likeness (QED) is 0.777. The van der Waals surface area contributed by atoms with Gasteiger partial charge in [-0.25, -0.2) is 0 Å². The average Bonchev–Trinajstić information content (AvgIpc) is 2.39. The fourth-order valence-electron chi connectivity index (χ4n) is 1.69. The monoisotopic (exact) mass is 361 g/mol.